The Balaban J connectivity index is 2.32. The third kappa shape index (κ3) is 1.97. The smallest absolute Gasteiger partial charge is 0.209 e. The number of hydrogen-bond donors (Lipinski definition) is 1. The molecule has 4 heteroatoms. The number of ketones is 1. The lowest BCUT2D eigenvalue weighted by Gasteiger charge is -1.98. The number of H-pyrrole nitrogens is 1. The van der Waals surface area contributed by atoms with Crippen molar-refractivity contribution in [1.29, 1.82) is 5.26 Å². The van der Waals surface area contributed by atoms with E-state index in [1.54, 1.807) is 36.4 Å². The van der Waals surface area contributed by atoms with E-state index in [0.717, 1.165) is 0 Å². The van der Waals surface area contributed by atoms with Gasteiger partial charge in [-0.2, -0.15) is 5.26 Å². The minimum absolute atomic E-state index is 0.154. The summed E-state index contributed by atoms with van der Waals surface area (Å²) in [5.74, 6) is -0.154. The Bertz CT molecular complexity index is 563. The van der Waals surface area contributed by atoms with Gasteiger partial charge in [0, 0.05) is 10.6 Å². The Morgan fingerprint density at radius 1 is 1.19 bits per heavy atom. The lowest BCUT2D eigenvalue weighted by Crippen LogP contribution is -2.01. The second kappa shape index (κ2) is 4.21. The number of rotatable bonds is 2. The molecule has 16 heavy (non-hydrogen) atoms. The van der Waals surface area contributed by atoms with Gasteiger partial charge >= 0.3 is 0 Å². The summed E-state index contributed by atoms with van der Waals surface area (Å²) in [5, 5.41) is 9.21. The van der Waals surface area contributed by atoms with Gasteiger partial charge in [0.25, 0.3) is 0 Å². The fourth-order valence-corrected chi connectivity index (χ4v) is 1.48. The summed E-state index contributed by atoms with van der Waals surface area (Å²) in [7, 11) is 0. The first-order valence-corrected chi connectivity index (χ1v) is 4.98. The molecule has 0 fully saturated rings. The minimum atomic E-state index is -0.154. The quantitative estimate of drug-likeness (QED) is 0.807. The standard InChI is InChI=1S/C12H7ClN2O/c13-9-3-1-8(2-4-9)12(16)11-6-5-10(7-14)15-11/h1-6,15H. The maximum atomic E-state index is 11.9. The summed E-state index contributed by atoms with van der Waals surface area (Å²) in [6, 6.07) is 11.7. The Morgan fingerprint density at radius 2 is 1.88 bits per heavy atom. The van der Waals surface area contributed by atoms with Crippen molar-refractivity contribution < 1.29 is 4.79 Å². The lowest BCUT2D eigenvalue weighted by molar-refractivity contribution is 0.103. The summed E-state index contributed by atoms with van der Waals surface area (Å²) < 4.78 is 0. The Morgan fingerprint density at radius 3 is 2.44 bits per heavy atom. The zero-order valence-electron chi connectivity index (χ0n) is 8.20. The van der Waals surface area contributed by atoms with Crippen LogP contribution in [0.15, 0.2) is 36.4 Å². The van der Waals surface area contributed by atoms with Crippen LogP contribution in [0.1, 0.15) is 21.7 Å². The van der Waals surface area contributed by atoms with Crippen molar-refractivity contribution in [1.82, 2.24) is 4.98 Å². The molecule has 2 aromatic rings. The number of aromatic amines is 1. The molecular weight excluding hydrogens is 224 g/mol. The summed E-state index contributed by atoms with van der Waals surface area (Å²) in [5.41, 5.74) is 1.31. The van der Waals surface area contributed by atoms with E-state index in [1.165, 1.54) is 0 Å². The molecule has 1 aromatic heterocycles. The fourth-order valence-electron chi connectivity index (χ4n) is 1.35. The molecule has 0 bridgehead atoms. The van der Waals surface area contributed by atoms with E-state index in [2.05, 4.69) is 4.98 Å². The first-order valence-electron chi connectivity index (χ1n) is 4.60. The summed E-state index contributed by atoms with van der Waals surface area (Å²) in [6.07, 6.45) is 0. The van der Waals surface area contributed by atoms with Crippen LogP contribution in [0.3, 0.4) is 0 Å². The van der Waals surface area contributed by atoms with Crippen LogP contribution in [0.25, 0.3) is 0 Å². The van der Waals surface area contributed by atoms with Gasteiger partial charge in [0.1, 0.15) is 11.8 Å². The monoisotopic (exact) mass is 230 g/mol. The van der Waals surface area contributed by atoms with Crippen molar-refractivity contribution in [2.45, 2.75) is 0 Å². The highest BCUT2D eigenvalue weighted by molar-refractivity contribution is 6.30. The topological polar surface area (TPSA) is 56.6 Å². The van der Waals surface area contributed by atoms with Crippen LogP contribution in [0, 0.1) is 11.3 Å². The Kier molecular flexibility index (Phi) is 2.76. The van der Waals surface area contributed by atoms with Gasteiger partial charge in [0.15, 0.2) is 0 Å². The van der Waals surface area contributed by atoms with E-state index in [4.69, 9.17) is 16.9 Å². The van der Waals surface area contributed by atoms with Gasteiger partial charge in [0.2, 0.25) is 5.78 Å². The molecule has 1 heterocycles. The third-order valence-electron chi connectivity index (χ3n) is 2.16. The molecule has 3 nitrogen and oxygen atoms in total. The summed E-state index contributed by atoms with van der Waals surface area (Å²) in [6.45, 7) is 0. The van der Waals surface area contributed by atoms with E-state index in [-0.39, 0.29) is 5.78 Å². The van der Waals surface area contributed by atoms with Crippen LogP contribution >= 0.6 is 11.6 Å². The van der Waals surface area contributed by atoms with E-state index < -0.39 is 0 Å². The van der Waals surface area contributed by atoms with Crippen LogP contribution in [0.5, 0.6) is 0 Å². The first kappa shape index (κ1) is 10.5. The normalized spacial score (nSPS) is 9.75. The van der Waals surface area contributed by atoms with Gasteiger partial charge in [-0.05, 0) is 36.4 Å². The molecule has 2 rings (SSSR count). The second-order valence-electron chi connectivity index (χ2n) is 3.23. The van der Waals surface area contributed by atoms with Gasteiger partial charge < -0.3 is 4.98 Å². The predicted molar refractivity (Wildman–Crippen MR) is 60.4 cm³/mol. The zero-order chi connectivity index (χ0) is 11.5. The molecular formula is C12H7ClN2O. The van der Waals surface area contributed by atoms with E-state index in [1.807, 2.05) is 6.07 Å². The third-order valence-corrected chi connectivity index (χ3v) is 2.41. The number of carbonyl (C=O) groups excluding carboxylic acids is 1. The number of halogens is 1. The molecule has 0 radical (unpaired) electrons. The van der Waals surface area contributed by atoms with Crippen molar-refractivity contribution in [3.63, 3.8) is 0 Å². The number of benzene rings is 1. The van der Waals surface area contributed by atoms with Crippen LogP contribution in [0.4, 0.5) is 0 Å². The number of carbonyl (C=O) groups is 1. The fraction of sp³-hybridized carbons (Fsp3) is 0. The van der Waals surface area contributed by atoms with Crippen molar-refractivity contribution in [2.24, 2.45) is 0 Å². The molecule has 0 aliphatic rings. The molecule has 0 atom stereocenters. The van der Waals surface area contributed by atoms with Crippen LogP contribution in [-0.4, -0.2) is 10.8 Å². The van der Waals surface area contributed by atoms with E-state index >= 15 is 0 Å². The molecule has 0 amide bonds. The molecule has 78 valence electrons. The van der Waals surface area contributed by atoms with Crippen molar-refractivity contribution in [3.8, 4) is 6.07 Å². The molecule has 0 aliphatic heterocycles. The van der Waals surface area contributed by atoms with Gasteiger partial charge in [-0.3, -0.25) is 4.79 Å². The van der Waals surface area contributed by atoms with E-state index in [0.29, 0.717) is 22.0 Å². The molecule has 0 saturated carbocycles. The number of aromatic nitrogens is 1. The Hall–Kier alpha value is -2.05. The molecule has 0 saturated heterocycles. The number of hydrogen-bond acceptors (Lipinski definition) is 2. The van der Waals surface area contributed by atoms with Gasteiger partial charge in [0.05, 0.1) is 5.69 Å². The lowest BCUT2D eigenvalue weighted by atomic mass is 10.1. The zero-order valence-corrected chi connectivity index (χ0v) is 8.95. The average molecular weight is 231 g/mol. The molecule has 0 aliphatic carbocycles. The van der Waals surface area contributed by atoms with Crippen molar-refractivity contribution in [2.75, 3.05) is 0 Å². The SMILES string of the molecule is N#Cc1ccc(C(=O)c2ccc(Cl)cc2)[nH]1. The van der Waals surface area contributed by atoms with Crippen molar-refractivity contribution in [3.05, 3.63) is 58.4 Å². The van der Waals surface area contributed by atoms with Crippen LogP contribution < -0.4 is 0 Å². The maximum Gasteiger partial charge on any atom is 0.209 e. The number of nitriles is 1. The first-order chi connectivity index (χ1) is 7.70. The van der Waals surface area contributed by atoms with Gasteiger partial charge in [-0.1, -0.05) is 11.6 Å². The molecule has 0 spiro atoms. The number of nitrogens with one attached hydrogen (secondary N) is 1. The minimum Gasteiger partial charge on any atom is -0.344 e. The average Bonchev–Trinajstić information content (AvgIpc) is 2.77. The molecule has 1 aromatic carbocycles. The largest absolute Gasteiger partial charge is 0.344 e. The highest BCUT2D eigenvalue weighted by Crippen LogP contribution is 2.13. The van der Waals surface area contributed by atoms with Gasteiger partial charge in [-0.25, -0.2) is 0 Å². The van der Waals surface area contributed by atoms with E-state index in [9.17, 15) is 4.79 Å². The van der Waals surface area contributed by atoms with Crippen LogP contribution in [0.2, 0.25) is 5.02 Å². The highest BCUT2D eigenvalue weighted by atomic mass is 35.5. The van der Waals surface area contributed by atoms with Crippen molar-refractivity contribution >= 4 is 17.4 Å². The number of nitrogens with zero attached hydrogens (tertiary/aromatic N) is 1. The molecule has 1 N–H and O–H groups in total. The van der Waals surface area contributed by atoms with Crippen LogP contribution in [-0.2, 0) is 0 Å². The molecule has 0 unspecified atom stereocenters. The van der Waals surface area contributed by atoms with Gasteiger partial charge in [-0.15, -0.1) is 0 Å². The predicted octanol–water partition coefficient (Wildman–Crippen LogP) is 2.77. The Labute approximate surface area is 97.3 Å². The summed E-state index contributed by atoms with van der Waals surface area (Å²) >= 11 is 5.73. The summed E-state index contributed by atoms with van der Waals surface area (Å²) in [4.78, 5) is 14.6. The second-order valence-corrected chi connectivity index (χ2v) is 3.67. The maximum absolute atomic E-state index is 11.9. The highest BCUT2D eigenvalue weighted by Gasteiger charge is 2.10.